The van der Waals surface area contributed by atoms with Crippen molar-refractivity contribution in [1.29, 1.82) is 0 Å². The van der Waals surface area contributed by atoms with Crippen LogP contribution in [-0.2, 0) is 9.53 Å². The summed E-state index contributed by atoms with van der Waals surface area (Å²) < 4.78 is 5.14. The lowest BCUT2D eigenvalue weighted by Gasteiger charge is -2.36. The molecule has 122 valence electrons. The van der Waals surface area contributed by atoms with E-state index in [2.05, 4.69) is 4.90 Å². The summed E-state index contributed by atoms with van der Waals surface area (Å²) in [4.78, 5) is 16.2. The van der Waals surface area contributed by atoms with Crippen molar-refractivity contribution in [3.05, 3.63) is 35.9 Å². The Hall–Kier alpha value is -1.43. The summed E-state index contributed by atoms with van der Waals surface area (Å²) in [5, 5.41) is 10.3. The minimum atomic E-state index is -0.475. The van der Waals surface area contributed by atoms with Gasteiger partial charge in [0.05, 0.1) is 18.6 Å². The Morgan fingerprint density at radius 3 is 2.45 bits per heavy atom. The molecule has 1 aliphatic heterocycles. The number of aliphatic hydroxyl groups excluding tert-OH is 1. The number of hydrogen-bond donors (Lipinski definition) is 1. The summed E-state index contributed by atoms with van der Waals surface area (Å²) >= 11 is 0. The summed E-state index contributed by atoms with van der Waals surface area (Å²) in [5.74, 6) is 0.151. The van der Waals surface area contributed by atoms with Crippen molar-refractivity contribution >= 4 is 5.91 Å². The van der Waals surface area contributed by atoms with E-state index < -0.39 is 6.10 Å². The second-order valence-electron chi connectivity index (χ2n) is 5.86. The zero-order valence-electron chi connectivity index (χ0n) is 13.4. The predicted octanol–water partition coefficient (Wildman–Crippen LogP) is 1.29. The highest BCUT2D eigenvalue weighted by Crippen LogP contribution is 2.15. The molecule has 5 nitrogen and oxygen atoms in total. The molecule has 1 N–H and O–H groups in total. The molecular weight excluding hydrogens is 280 g/mol. The van der Waals surface area contributed by atoms with Crippen molar-refractivity contribution < 1.29 is 14.6 Å². The highest BCUT2D eigenvalue weighted by Gasteiger charge is 2.23. The third-order valence-corrected chi connectivity index (χ3v) is 4.20. The maximum atomic E-state index is 12.1. The minimum absolute atomic E-state index is 0.0366. The molecule has 2 atom stereocenters. The van der Waals surface area contributed by atoms with Crippen molar-refractivity contribution in [2.75, 3.05) is 39.8 Å². The van der Waals surface area contributed by atoms with Crippen molar-refractivity contribution in [2.24, 2.45) is 0 Å². The first-order chi connectivity index (χ1) is 10.6. The van der Waals surface area contributed by atoms with Crippen LogP contribution in [0.15, 0.2) is 30.3 Å². The Bertz CT molecular complexity index is 458. The Kier molecular flexibility index (Phi) is 6.36. The molecule has 1 aromatic carbocycles. The van der Waals surface area contributed by atoms with Crippen LogP contribution < -0.4 is 0 Å². The number of carbonyl (C=O) groups is 1. The smallest absolute Gasteiger partial charge is 0.225 e. The number of amides is 1. The lowest BCUT2D eigenvalue weighted by Crippen LogP contribution is -2.50. The highest BCUT2D eigenvalue weighted by molar-refractivity contribution is 5.76. The van der Waals surface area contributed by atoms with Gasteiger partial charge in [-0.3, -0.25) is 9.69 Å². The standard InChI is InChI=1S/C17H26N2O3/c1-14(22-2)12-17(21)19-10-8-18(9-11-19)13-16(20)15-6-4-3-5-7-15/h3-7,14,16,20H,8-13H2,1-2H3. The molecule has 1 amide bonds. The molecule has 0 saturated carbocycles. The first kappa shape index (κ1) is 16.9. The molecule has 0 aromatic heterocycles. The SMILES string of the molecule is COC(C)CC(=O)N1CCN(CC(O)c2ccccc2)CC1. The van der Waals surface area contributed by atoms with Gasteiger partial charge in [-0.1, -0.05) is 30.3 Å². The van der Waals surface area contributed by atoms with E-state index >= 15 is 0 Å². The van der Waals surface area contributed by atoms with Crippen LogP contribution in [0, 0.1) is 0 Å². The summed E-state index contributed by atoms with van der Waals surface area (Å²) in [6.07, 6.45) is -0.0780. The lowest BCUT2D eigenvalue weighted by molar-refractivity contribution is -0.135. The van der Waals surface area contributed by atoms with Crippen LogP contribution in [0.2, 0.25) is 0 Å². The van der Waals surface area contributed by atoms with Gasteiger partial charge in [-0.25, -0.2) is 0 Å². The summed E-state index contributed by atoms with van der Waals surface area (Å²) in [6.45, 7) is 5.56. The normalized spacial score (nSPS) is 19.0. The molecule has 1 fully saturated rings. The summed E-state index contributed by atoms with van der Waals surface area (Å²) in [5.41, 5.74) is 0.940. The van der Waals surface area contributed by atoms with Crippen molar-refractivity contribution in [3.8, 4) is 0 Å². The van der Waals surface area contributed by atoms with E-state index in [4.69, 9.17) is 4.74 Å². The molecule has 2 rings (SSSR count). The largest absolute Gasteiger partial charge is 0.387 e. The van der Waals surface area contributed by atoms with Gasteiger partial charge < -0.3 is 14.7 Å². The first-order valence-corrected chi connectivity index (χ1v) is 7.86. The molecular formula is C17H26N2O3. The molecule has 5 heteroatoms. The zero-order chi connectivity index (χ0) is 15.9. The van der Waals surface area contributed by atoms with Gasteiger partial charge in [0.2, 0.25) is 5.91 Å². The Labute approximate surface area is 132 Å². The van der Waals surface area contributed by atoms with Crippen LogP contribution in [0.3, 0.4) is 0 Å². The molecule has 1 aromatic rings. The van der Waals surface area contributed by atoms with Gasteiger partial charge >= 0.3 is 0 Å². The van der Waals surface area contributed by atoms with Crippen LogP contribution in [0.25, 0.3) is 0 Å². The second-order valence-corrected chi connectivity index (χ2v) is 5.86. The number of carbonyl (C=O) groups excluding carboxylic acids is 1. The predicted molar refractivity (Wildman–Crippen MR) is 85.5 cm³/mol. The van der Waals surface area contributed by atoms with Crippen LogP contribution in [0.5, 0.6) is 0 Å². The minimum Gasteiger partial charge on any atom is -0.387 e. The van der Waals surface area contributed by atoms with Gasteiger partial charge in [-0.15, -0.1) is 0 Å². The van der Waals surface area contributed by atoms with Crippen LogP contribution in [0.1, 0.15) is 25.0 Å². The van der Waals surface area contributed by atoms with E-state index in [1.165, 1.54) is 0 Å². The quantitative estimate of drug-likeness (QED) is 0.860. The number of piperazine rings is 1. The van der Waals surface area contributed by atoms with E-state index in [9.17, 15) is 9.90 Å². The maximum Gasteiger partial charge on any atom is 0.225 e. The number of aliphatic hydroxyl groups is 1. The molecule has 0 radical (unpaired) electrons. The Morgan fingerprint density at radius 2 is 1.86 bits per heavy atom. The Morgan fingerprint density at radius 1 is 1.23 bits per heavy atom. The van der Waals surface area contributed by atoms with E-state index in [1.54, 1.807) is 7.11 Å². The molecule has 0 bridgehead atoms. The molecule has 1 heterocycles. The summed E-state index contributed by atoms with van der Waals surface area (Å²) in [7, 11) is 1.63. The van der Waals surface area contributed by atoms with Crippen LogP contribution in [0.4, 0.5) is 0 Å². The summed E-state index contributed by atoms with van der Waals surface area (Å²) in [6, 6.07) is 9.70. The molecule has 0 spiro atoms. The van der Waals surface area contributed by atoms with E-state index in [0.717, 1.165) is 31.7 Å². The number of methoxy groups -OCH3 is 1. The third-order valence-electron chi connectivity index (χ3n) is 4.20. The van der Waals surface area contributed by atoms with E-state index in [0.29, 0.717) is 13.0 Å². The third kappa shape index (κ3) is 4.80. The number of nitrogens with zero attached hydrogens (tertiary/aromatic N) is 2. The van der Waals surface area contributed by atoms with Gasteiger partial charge in [-0.2, -0.15) is 0 Å². The zero-order valence-corrected chi connectivity index (χ0v) is 13.4. The molecule has 0 aliphatic carbocycles. The first-order valence-electron chi connectivity index (χ1n) is 7.86. The molecule has 2 unspecified atom stereocenters. The van der Waals surface area contributed by atoms with Gasteiger partial charge in [0.25, 0.3) is 0 Å². The number of rotatable bonds is 6. The fourth-order valence-corrected chi connectivity index (χ4v) is 2.66. The average molecular weight is 306 g/mol. The van der Waals surface area contributed by atoms with Gasteiger partial charge in [0, 0.05) is 39.8 Å². The number of benzene rings is 1. The molecule has 1 saturated heterocycles. The molecule has 1 aliphatic rings. The lowest BCUT2D eigenvalue weighted by atomic mass is 10.1. The van der Waals surface area contributed by atoms with Gasteiger partial charge in [0.15, 0.2) is 0 Å². The van der Waals surface area contributed by atoms with Crippen LogP contribution >= 0.6 is 0 Å². The molecule has 22 heavy (non-hydrogen) atoms. The second kappa shape index (κ2) is 8.27. The number of hydrogen-bond acceptors (Lipinski definition) is 4. The Balaban J connectivity index is 1.76. The fourth-order valence-electron chi connectivity index (χ4n) is 2.66. The highest BCUT2D eigenvalue weighted by atomic mass is 16.5. The van der Waals surface area contributed by atoms with Crippen molar-refractivity contribution in [2.45, 2.75) is 25.6 Å². The van der Waals surface area contributed by atoms with Crippen molar-refractivity contribution in [1.82, 2.24) is 9.80 Å². The number of β-amino-alcohol motifs (C(OH)–C–C–N with tert-alkyl or cyclic N) is 1. The van der Waals surface area contributed by atoms with Gasteiger partial charge in [0.1, 0.15) is 0 Å². The average Bonchev–Trinajstić information content (AvgIpc) is 2.56. The monoisotopic (exact) mass is 306 g/mol. The van der Waals surface area contributed by atoms with E-state index in [-0.39, 0.29) is 12.0 Å². The topological polar surface area (TPSA) is 53.0 Å². The van der Waals surface area contributed by atoms with Gasteiger partial charge in [-0.05, 0) is 12.5 Å². The van der Waals surface area contributed by atoms with Crippen LogP contribution in [-0.4, -0.2) is 66.8 Å². The maximum absolute atomic E-state index is 12.1. The fraction of sp³-hybridized carbons (Fsp3) is 0.588. The number of ether oxygens (including phenoxy) is 1. The van der Waals surface area contributed by atoms with E-state index in [1.807, 2.05) is 42.2 Å². The van der Waals surface area contributed by atoms with Crippen molar-refractivity contribution in [3.63, 3.8) is 0 Å².